The molecule has 1 rings (SSSR count). The van der Waals surface area contributed by atoms with Crippen LogP contribution in [0.1, 0.15) is 13.3 Å². The summed E-state index contributed by atoms with van der Waals surface area (Å²) in [4.78, 5) is 11.3. The fourth-order valence-electron chi connectivity index (χ4n) is 0.947. The van der Waals surface area contributed by atoms with Crippen LogP contribution in [-0.2, 0) is 4.79 Å². The summed E-state index contributed by atoms with van der Waals surface area (Å²) in [7, 11) is 0. The van der Waals surface area contributed by atoms with Gasteiger partial charge in [0.05, 0.1) is 5.69 Å². The molecule has 1 heterocycles. The molecule has 0 fully saturated rings. The monoisotopic (exact) mass is 198 g/mol. The molecule has 1 atom stereocenters. The summed E-state index contributed by atoms with van der Waals surface area (Å²) in [5, 5.41) is 6.64. The molecule has 0 spiro atoms. The average molecular weight is 198 g/mol. The van der Waals surface area contributed by atoms with Gasteiger partial charge in [0.25, 0.3) is 0 Å². The topological polar surface area (TPSA) is 55.1 Å². The third-order valence-corrected chi connectivity index (χ3v) is 2.42. The molecule has 13 heavy (non-hydrogen) atoms. The molecule has 3 N–H and O–H groups in total. The summed E-state index contributed by atoms with van der Waals surface area (Å²) < 4.78 is 0. The van der Waals surface area contributed by atoms with Crippen molar-refractivity contribution in [1.82, 2.24) is 0 Å². The van der Waals surface area contributed by atoms with E-state index in [1.165, 1.54) is 0 Å². The summed E-state index contributed by atoms with van der Waals surface area (Å²) in [6.07, 6.45) is 0.492. The first kappa shape index (κ1) is 10.2. The highest BCUT2D eigenvalue weighted by atomic mass is 32.1. The summed E-state index contributed by atoms with van der Waals surface area (Å²) in [5.41, 5.74) is 6.29. The van der Waals surface area contributed by atoms with Crippen LogP contribution >= 0.6 is 11.3 Å². The van der Waals surface area contributed by atoms with Crippen LogP contribution in [0.5, 0.6) is 0 Å². The van der Waals surface area contributed by atoms with Gasteiger partial charge in [0.1, 0.15) is 0 Å². The third kappa shape index (κ3) is 3.57. The number of nitrogens with two attached hydrogens (primary N) is 1. The molecular weight excluding hydrogens is 184 g/mol. The Balaban J connectivity index is 2.34. The van der Waals surface area contributed by atoms with Gasteiger partial charge in [-0.3, -0.25) is 4.79 Å². The molecule has 0 radical (unpaired) electrons. The molecule has 1 aromatic heterocycles. The van der Waals surface area contributed by atoms with Gasteiger partial charge in [-0.15, -0.1) is 0 Å². The number of amides is 1. The minimum Gasteiger partial charge on any atom is -0.330 e. The van der Waals surface area contributed by atoms with E-state index in [1.807, 2.05) is 23.8 Å². The maximum Gasteiger partial charge on any atom is 0.224 e. The number of hydrogen-bond donors (Lipinski definition) is 2. The third-order valence-electron chi connectivity index (χ3n) is 1.74. The maximum atomic E-state index is 11.3. The molecule has 4 heteroatoms. The Bertz CT molecular complexity index is 259. The van der Waals surface area contributed by atoms with Gasteiger partial charge in [-0.1, -0.05) is 6.92 Å². The molecule has 0 saturated heterocycles. The summed E-state index contributed by atoms with van der Waals surface area (Å²) in [6.45, 7) is 2.52. The second kappa shape index (κ2) is 4.99. The highest BCUT2D eigenvalue weighted by molar-refractivity contribution is 7.08. The molecule has 72 valence electrons. The molecule has 1 amide bonds. The lowest BCUT2D eigenvalue weighted by Crippen LogP contribution is -2.19. The molecule has 1 unspecified atom stereocenters. The van der Waals surface area contributed by atoms with Crippen molar-refractivity contribution in [1.29, 1.82) is 0 Å². The molecule has 0 saturated carbocycles. The highest BCUT2D eigenvalue weighted by Gasteiger charge is 2.07. The van der Waals surface area contributed by atoms with E-state index in [4.69, 9.17) is 5.73 Å². The van der Waals surface area contributed by atoms with E-state index in [0.29, 0.717) is 13.0 Å². The SMILES string of the molecule is CC(CN)CC(=O)Nc1ccsc1. The van der Waals surface area contributed by atoms with Gasteiger partial charge in [-0.2, -0.15) is 11.3 Å². The zero-order valence-corrected chi connectivity index (χ0v) is 8.43. The van der Waals surface area contributed by atoms with Crippen molar-refractivity contribution in [3.05, 3.63) is 16.8 Å². The second-order valence-corrected chi connectivity index (χ2v) is 3.89. The standard InChI is InChI=1S/C9H14N2OS/c1-7(5-10)4-9(12)11-8-2-3-13-6-8/h2-3,6-7H,4-5,10H2,1H3,(H,11,12). The van der Waals surface area contributed by atoms with Crippen molar-refractivity contribution in [3.63, 3.8) is 0 Å². The van der Waals surface area contributed by atoms with E-state index in [0.717, 1.165) is 5.69 Å². The summed E-state index contributed by atoms with van der Waals surface area (Å²) >= 11 is 1.57. The Morgan fingerprint density at radius 1 is 1.77 bits per heavy atom. The van der Waals surface area contributed by atoms with Gasteiger partial charge in [-0.25, -0.2) is 0 Å². The number of anilines is 1. The number of nitrogens with one attached hydrogen (secondary N) is 1. The van der Waals surface area contributed by atoms with E-state index in [-0.39, 0.29) is 11.8 Å². The van der Waals surface area contributed by atoms with Crippen molar-refractivity contribution < 1.29 is 4.79 Å². The normalized spacial score (nSPS) is 12.5. The van der Waals surface area contributed by atoms with Crippen LogP contribution in [0.4, 0.5) is 5.69 Å². The van der Waals surface area contributed by atoms with Crippen molar-refractivity contribution in [2.75, 3.05) is 11.9 Å². The number of hydrogen-bond acceptors (Lipinski definition) is 3. The van der Waals surface area contributed by atoms with Crippen molar-refractivity contribution >= 4 is 22.9 Å². The number of thiophene rings is 1. The first-order valence-electron chi connectivity index (χ1n) is 4.24. The molecule has 0 bridgehead atoms. The first-order chi connectivity index (χ1) is 6.22. The number of carbonyl (C=O) groups excluding carboxylic acids is 1. The predicted octanol–water partition coefficient (Wildman–Crippen LogP) is 1.67. The summed E-state index contributed by atoms with van der Waals surface area (Å²) in [6, 6.07) is 1.88. The first-order valence-corrected chi connectivity index (χ1v) is 5.18. The Kier molecular flexibility index (Phi) is 3.92. The largest absolute Gasteiger partial charge is 0.330 e. The fourth-order valence-corrected chi connectivity index (χ4v) is 1.54. The lowest BCUT2D eigenvalue weighted by atomic mass is 10.1. The van der Waals surface area contributed by atoms with Crippen LogP contribution in [0, 0.1) is 5.92 Å². The van der Waals surface area contributed by atoms with Gasteiger partial charge in [-0.05, 0) is 23.9 Å². The molecule has 0 aliphatic heterocycles. The zero-order chi connectivity index (χ0) is 9.68. The minimum absolute atomic E-state index is 0.0383. The molecule has 1 aromatic rings. The van der Waals surface area contributed by atoms with Crippen molar-refractivity contribution in [3.8, 4) is 0 Å². The van der Waals surface area contributed by atoms with Gasteiger partial charge in [0.15, 0.2) is 0 Å². The molecule has 0 aliphatic carbocycles. The Morgan fingerprint density at radius 2 is 2.54 bits per heavy atom. The molecule has 3 nitrogen and oxygen atoms in total. The summed E-state index contributed by atoms with van der Waals surface area (Å²) in [5.74, 6) is 0.287. The van der Waals surface area contributed by atoms with E-state index >= 15 is 0 Å². The van der Waals surface area contributed by atoms with E-state index in [1.54, 1.807) is 11.3 Å². The highest BCUT2D eigenvalue weighted by Crippen LogP contribution is 2.12. The fraction of sp³-hybridized carbons (Fsp3) is 0.444. The smallest absolute Gasteiger partial charge is 0.224 e. The minimum atomic E-state index is 0.0383. The van der Waals surface area contributed by atoms with E-state index in [9.17, 15) is 4.79 Å². The van der Waals surface area contributed by atoms with Gasteiger partial charge in [0, 0.05) is 11.8 Å². The number of rotatable bonds is 4. The zero-order valence-electron chi connectivity index (χ0n) is 7.62. The molecule has 0 aliphatic rings. The van der Waals surface area contributed by atoms with Crippen LogP contribution < -0.4 is 11.1 Å². The second-order valence-electron chi connectivity index (χ2n) is 3.11. The van der Waals surface area contributed by atoms with Crippen LogP contribution in [0.3, 0.4) is 0 Å². The van der Waals surface area contributed by atoms with Crippen molar-refractivity contribution in [2.45, 2.75) is 13.3 Å². The lowest BCUT2D eigenvalue weighted by molar-refractivity contribution is -0.116. The Morgan fingerprint density at radius 3 is 3.08 bits per heavy atom. The predicted molar refractivity (Wildman–Crippen MR) is 55.8 cm³/mol. The maximum absolute atomic E-state index is 11.3. The van der Waals surface area contributed by atoms with Crippen LogP contribution in [0.15, 0.2) is 16.8 Å². The Labute approximate surface area is 81.9 Å². The van der Waals surface area contributed by atoms with Gasteiger partial charge >= 0.3 is 0 Å². The van der Waals surface area contributed by atoms with E-state index in [2.05, 4.69) is 5.32 Å². The van der Waals surface area contributed by atoms with Crippen LogP contribution in [0.2, 0.25) is 0 Å². The Hall–Kier alpha value is -0.870. The van der Waals surface area contributed by atoms with Crippen LogP contribution in [0.25, 0.3) is 0 Å². The van der Waals surface area contributed by atoms with Gasteiger partial charge in [0.2, 0.25) is 5.91 Å². The molecule has 0 aromatic carbocycles. The average Bonchev–Trinajstić information content (AvgIpc) is 2.56. The number of carbonyl (C=O) groups is 1. The van der Waals surface area contributed by atoms with Gasteiger partial charge < -0.3 is 11.1 Å². The van der Waals surface area contributed by atoms with Crippen molar-refractivity contribution in [2.24, 2.45) is 11.7 Å². The lowest BCUT2D eigenvalue weighted by Gasteiger charge is -2.07. The quantitative estimate of drug-likeness (QED) is 0.773. The van der Waals surface area contributed by atoms with Crippen LogP contribution in [-0.4, -0.2) is 12.5 Å². The van der Waals surface area contributed by atoms with E-state index < -0.39 is 0 Å². The molecular formula is C9H14N2OS.